The van der Waals surface area contributed by atoms with E-state index in [0.29, 0.717) is 11.8 Å². The second-order valence-electron chi connectivity index (χ2n) is 3.70. The highest BCUT2D eigenvalue weighted by Gasteiger charge is 2.17. The summed E-state index contributed by atoms with van der Waals surface area (Å²) in [5.74, 6) is -3.07. The number of hydrogen-bond acceptors (Lipinski definition) is 4. The summed E-state index contributed by atoms with van der Waals surface area (Å²) in [6.07, 6.45) is 0. The van der Waals surface area contributed by atoms with Gasteiger partial charge in [0.25, 0.3) is 11.7 Å². The normalized spacial score (nSPS) is 10.8. The summed E-state index contributed by atoms with van der Waals surface area (Å²) in [6.45, 7) is 1.78. The molecule has 0 bridgehead atoms. The summed E-state index contributed by atoms with van der Waals surface area (Å²) in [7, 11) is 0. The molecule has 20 heavy (non-hydrogen) atoms. The average Bonchev–Trinajstić information content (AvgIpc) is 2.80. The quantitative estimate of drug-likeness (QED) is 0.826. The molecule has 0 saturated carbocycles. The zero-order chi connectivity index (χ0) is 14.7. The van der Waals surface area contributed by atoms with Crippen LogP contribution in [0.4, 0.5) is 14.5 Å². The standard InChI is InChI=1S/C12H9ClF2N2OS2/c1-6-16-9(5-19-6)11(18)17-8-4-2-3-7(13)10(8)20-12(14)15/h2-5,12H,1H3,(H,17,18). The number of halogens is 3. The summed E-state index contributed by atoms with van der Waals surface area (Å²) in [4.78, 5) is 16.2. The fourth-order valence-corrected chi connectivity index (χ4v) is 2.98. The number of hydrogen-bond donors (Lipinski definition) is 1. The largest absolute Gasteiger partial charge is 0.320 e. The molecular formula is C12H9ClF2N2OS2. The van der Waals surface area contributed by atoms with Crippen molar-refractivity contribution in [1.29, 1.82) is 0 Å². The Morgan fingerprint density at radius 3 is 2.85 bits per heavy atom. The molecule has 1 N–H and O–H groups in total. The van der Waals surface area contributed by atoms with Crippen molar-refractivity contribution in [2.75, 3.05) is 5.32 Å². The minimum absolute atomic E-state index is 0.143. The lowest BCUT2D eigenvalue weighted by atomic mass is 10.3. The lowest BCUT2D eigenvalue weighted by Crippen LogP contribution is -2.13. The van der Waals surface area contributed by atoms with Gasteiger partial charge in [0.15, 0.2) is 0 Å². The van der Waals surface area contributed by atoms with Gasteiger partial charge in [0.2, 0.25) is 0 Å². The first-order valence-electron chi connectivity index (χ1n) is 5.44. The summed E-state index contributed by atoms with van der Waals surface area (Å²) in [5, 5.41) is 5.08. The minimum Gasteiger partial charge on any atom is -0.320 e. The van der Waals surface area contributed by atoms with E-state index < -0.39 is 11.7 Å². The van der Waals surface area contributed by atoms with Crippen LogP contribution in [0.1, 0.15) is 15.5 Å². The zero-order valence-corrected chi connectivity index (χ0v) is 12.6. The fraction of sp³-hybridized carbons (Fsp3) is 0.167. The van der Waals surface area contributed by atoms with E-state index in [1.807, 2.05) is 0 Å². The van der Waals surface area contributed by atoms with Crippen LogP contribution in [0.15, 0.2) is 28.5 Å². The van der Waals surface area contributed by atoms with E-state index in [4.69, 9.17) is 11.6 Å². The second kappa shape index (κ2) is 6.51. The van der Waals surface area contributed by atoms with E-state index in [9.17, 15) is 13.6 Å². The van der Waals surface area contributed by atoms with Crippen LogP contribution in [0, 0.1) is 6.92 Å². The van der Waals surface area contributed by atoms with Gasteiger partial charge in [-0.25, -0.2) is 4.98 Å². The number of nitrogens with one attached hydrogen (secondary N) is 1. The predicted octanol–water partition coefficient (Wildman–Crippen LogP) is 4.67. The van der Waals surface area contributed by atoms with Gasteiger partial charge in [-0.05, 0) is 19.1 Å². The predicted molar refractivity (Wildman–Crippen MR) is 78.1 cm³/mol. The molecule has 0 saturated heterocycles. The highest BCUT2D eigenvalue weighted by atomic mass is 35.5. The van der Waals surface area contributed by atoms with Crippen molar-refractivity contribution in [3.05, 3.63) is 39.3 Å². The molecule has 0 atom stereocenters. The van der Waals surface area contributed by atoms with Gasteiger partial charge in [0.05, 0.1) is 20.6 Å². The number of thioether (sulfide) groups is 1. The Kier molecular flexibility index (Phi) is 4.95. The molecule has 1 amide bonds. The first-order valence-corrected chi connectivity index (χ1v) is 7.58. The van der Waals surface area contributed by atoms with Gasteiger partial charge in [0.1, 0.15) is 5.69 Å². The third kappa shape index (κ3) is 3.68. The third-order valence-electron chi connectivity index (χ3n) is 2.27. The molecule has 0 aliphatic heterocycles. The number of alkyl halides is 2. The van der Waals surface area contributed by atoms with Crippen LogP contribution in [0.5, 0.6) is 0 Å². The molecule has 0 aliphatic rings. The van der Waals surface area contributed by atoms with Gasteiger partial charge in [-0.2, -0.15) is 8.78 Å². The molecule has 1 aromatic carbocycles. The molecule has 8 heteroatoms. The lowest BCUT2D eigenvalue weighted by molar-refractivity contribution is 0.102. The van der Waals surface area contributed by atoms with Crippen LogP contribution >= 0.6 is 34.7 Å². The molecule has 2 aromatic rings. The first kappa shape index (κ1) is 15.2. The van der Waals surface area contributed by atoms with Crippen molar-refractivity contribution in [3.63, 3.8) is 0 Å². The Balaban J connectivity index is 2.24. The molecule has 1 heterocycles. The monoisotopic (exact) mass is 334 g/mol. The van der Waals surface area contributed by atoms with Crippen LogP contribution in [-0.4, -0.2) is 16.6 Å². The lowest BCUT2D eigenvalue weighted by Gasteiger charge is -2.11. The van der Waals surface area contributed by atoms with E-state index in [2.05, 4.69) is 10.3 Å². The van der Waals surface area contributed by atoms with E-state index in [1.165, 1.54) is 23.5 Å². The zero-order valence-electron chi connectivity index (χ0n) is 10.2. The second-order valence-corrected chi connectivity index (χ2v) is 6.17. The Morgan fingerprint density at radius 1 is 1.50 bits per heavy atom. The van der Waals surface area contributed by atoms with Crippen molar-refractivity contribution in [1.82, 2.24) is 4.98 Å². The van der Waals surface area contributed by atoms with Crippen molar-refractivity contribution in [3.8, 4) is 0 Å². The van der Waals surface area contributed by atoms with Crippen molar-refractivity contribution < 1.29 is 13.6 Å². The van der Waals surface area contributed by atoms with Crippen LogP contribution in [0.25, 0.3) is 0 Å². The number of anilines is 1. The van der Waals surface area contributed by atoms with Crippen LogP contribution < -0.4 is 5.32 Å². The van der Waals surface area contributed by atoms with Gasteiger partial charge < -0.3 is 5.32 Å². The Bertz CT molecular complexity index is 634. The van der Waals surface area contributed by atoms with Gasteiger partial charge in [-0.15, -0.1) is 11.3 Å². The Hall–Kier alpha value is -1.18. The van der Waals surface area contributed by atoms with Crippen molar-refractivity contribution >= 4 is 46.3 Å². The molecule has 0 unspecified atom stereocenters. The molecule has 3 nitrogen and oxygen atoms in total. The Labute approximate surface area is 127 Å². The minimum atomic E-state index is -2.62. The Morgan fingerprint density at radius 2 is 2.25 bits per heavy atom. The molecular weight excluding hydrogens is 326 g/mol. The smallest absolute Gasteiger partial charge is 0.289 e. The van der Waals surface area contributed by atoms with Gasteiger partial charge >= 0.3 is 0 Å². The highest BCUT2D eigenvalue weighted by Crippen LogP contribution is 2.37. The number of carbonyl (C=O) groups is 1. The molecule has 0 radical (unpaired) electrons. The number of rotatable bonds is 4. The fourth-order valence-electron chi connectivity index (χ4n) is 1.47. The van der Waals surface area contributed by atoms with Gasteiger partial charge in [-0.3, -0.25) is 4.79 Å². The first-order chi connectivity index (χ1) is 9.47. The summed E-state index contributed by atoms with van der Waals surface area (Å²) in [6, 6.07) is 4.60. The van der Waals surface area contributed by atoms with E-state index in [0.717, 1.165) is 5.01 Å². The molecule has 106 valence electrons. The van der Waals surface area contributed by atoms with E-state index in [1.54, 1.807) is 18.4 Å². The average molecular weight is 335 g/mol. The maximum Gasteiger partial charge on any atom is 0.289 e. The van der Waals surface area contributed by atoms with Crippen LogP contribution in [0.3, 0.4) is 0 Å². The highest BCUT2D eigenvalue weighted by molar-refractivity contribution is 7.99. The number of amides is 1. The van der Waals surface area contributed by atoms with Crippen molar-refractivity contribution in [2.24, 2.45) is 0 Å². The van der Waals surface area contributed by atoms with E-state index in [-0.39, 0.29) is 21.3 Å². The number of carbonyl (C=O) groups excluding carboxylic acids is 1. The van der Waals surface area contributed by atoms with Crippen LogP contribution in [0.2, 0.25) is 5.02 Å². The van der Waals surface area contributed by atoms with Crippen molar-refractivity contribution in [2.45, 2.75) is 17.6 Å². The number of thiazole rings is 1. The molecule has 0 spiro atoms. The van der Waals surface area contributed by atoms with Gasteiger partial charge in [-0.1, -0.05) is 29.4 Å². The summed E-state index contributed by atoms with van der Waals surface area (Å²) < 4.78 is 25.1. The van der Waals surface area contributed by atoms with E-state index >= 15 is 0 Å². The molecule has 0 fully saturated rings. The summed E-state index contributed by atoms with van der Waals surface area (Å²) >= 11 is 7.52. The third-order valence-corrected chi connectivity index (χ3v) is 4.33. The number of aromatic nitrogens is 1. The molecule has 1 aromatic heterocycles. The van der Waals surface area contributed by atoms with Gasteiger partial charge in [0, 0.05) is 5.38 Å². The maximum atomic E-state index is 12.5. The summed E-state index contributed by atoms with van der Waals surface area (Å²) in [5.41, 5.74) is 0.499. The topological polar surface area (TPSA) is 42.0 Å². The SMILES string of the molecule is Cc1nc(C(=O)Nc2cccc(Cl)c2SC(F)F)cs1. The number of aryl methyl sites for hydroxylation is 1. The number of benzene rings is 1. The number of nitrogens with zero attached hydrogens (tertiary/aromatic N) is 1. The molecule has 2 rings (SSSR count). The van der Waals surface area contributed by atoms with Crippen LogP contribution in [-0.2, 0) is 0 Å². The maximum absolute atomic E-state index is 12.5. The molecule has 0 aliphatic carbocycles.